The number of carbonyl (C=O) groups excluding carboxylic acids is 1. The van der Waals surface area contributed by atoms with Crippen molar-refractivity contribution in [2.75, 3.05) is 6.61 Å². The largest absolute Gasteiger partial charge is 0.462 e. The van der Waals surface area contributed by atoms with Crippen molar-refractivity contribution in [2.24, 2.45) is 4.99 Å². The third kappa shape index (κ3) is 5.13. The van der Waals surface area contributed by atoms with Crippen molar-refractivity contribution in [3.8, 4) is 5.69 Å². The van der Waals surface area contributed by atoms with Gasteiger partial charge in [-0.15, -0.1) is 0 Å². The smallest absolute Gasteiger partial charge is 0.338 e. The van der Waals surface area contributed by atoms with E-state index in [1.165, 1.54) is 28.2 Å². The summed E-state index contributed by atoms with van der Waals surface area (Å²) in [6.07, 6.45) is 4.78. The van der Waals surface area contributed by atoms with Crippen LogP contribution in [0.15, 0.2) is 53.5 Å². The average molecular weight is 417 g/mol. The Morgan fingerprint density at radius 1 is 1.06 bits per heavy atom. The topological polar surface area (TPSA) is 43.6 Å². The molecular weight excluding hydrogens is 384 g/mol. The molecule has 0 aliphatic carbocycles. The highest BCUT2D eigenvalue weighted by atomic mass is 16.5. The van der Waals surface area contributed by atoms with Crippen molar-refractivity contribution in [3.63, 3.8) is 0 Å². The van der Waals surface area contributed by atoms with Crippen molar-refractivity contribution in [3.05, 3.63) is 82.2 Å². The van der Waals surface area contributed by atoms with Crippen LogP contribution < -0.4 is 0 Å². The maximum absolute atomic E-state index is 12.0. The van der Waals surface area contributed by atoms with Gasteiger partial charge in [0.2, 0.25) is 0 Å². The highest BCUT2D eigenvalue weighted by Gasteiger charge is 2.14. The van der Waals surface area contributed by atoms with E-state index in [1.54, 1.807) is 12.1 Å². The van der Waals surface area contributed by atoms with E-state index in [1.807, 2.05) is 18.3 Å². The molecule has 0 amide bonds. The van der Waals surface area contributed by atoms with Gasteiger partial charge in [0.25, 0.3) is 0 Å². The average Bonchev–Trinajstić information content (AvgIpc) is 3.05. The van der Waals surface area contributed by atoms with E-state index in [4.69, 9.17) is 4.74 Å². The van der Waals surface area contributed by atoms with Gasteiger partial charge in [-0.25, -0.2) is 4.79 Å². The predicted octanol–water partition coefficient (Wildman–Crippen LogP) is 6.67. The lowest BCUT2D eigenvalue weighted by Gasteiger charge is -2.17. The molecule has 0 aliphatic rings. The van der Waals surface area contributed by atoms with E-state index in [0.717, 1.165) is 30.5 Å². The van der Waals surface area contributed by atoms with Gasteiger partial charge in [0.05, 0.1) is 23.5 Å². The summed E-state index contributed by atoms with van der Waals surface area (Å²) in [5, 5.41) is 0. The lowest BCUT2D eigenvalue weighted by molar-refractivity contribution is 0.0500. The Bertz CT molecular complexity index is 1080. The number of carbonyl (C=O) groups is 1. The van der Waals surface area contributed by atoms with Gasteiger partial charge in [-0.2, -0.15) is 0 Å². The molecule has 162 valence electrons. The van der Waals surface area contributed by atoms with Gasteiger partial charge in [-0.3, -0.25) is 4.99 Å². The molecule has 4 nitrogen and oxygen atoms in total. The number of hydrogen-bond donors (Lipinski definition) is 0. The van der Waals surface area contributed by atoms with E-state index in [9.17, 15) is 4.79 Å². The van der Waals surface area contributed by atoms with Gasteiger partial charge in [-0.1, -0.05) is 38.5 Å². The van der Waals surface area contributed by atoms with Crippen LogP contribution in [0.2, 0.25) is 0 Å². The molecule has 0 spiro atoms. The summed E-state index contributed by atoms with van der Waals surface area (Å²) in [4.78, 5) is 16.7. The summed E-state index contributed by atoms with van der Waals surface area (Å²) in [7, 11) is 0. The number of esters is 1. The third-order valence-corrected chi connectivity index (χ3v) is 5.58. The number of aromatic nitrogens is 1. The summed E-state index contributed by atoms with van der Waals surface area (Å²) in [5.41, 5.74) is 8.68. The fourth-order valence-corrected chi connectivity index (χ4v) is 3.81. The normalized spacial score (nSPS) is 11.3. The Morgan fingerprint density at radius 2 is 1.81 bits per heavy atom. The Hall–Kier alpha value is -3.14. The van der Waals surface area contributed by atoms with Crippen LogP contribution in [0.5, 0.6) is 0 Å². The first-order valence-corrected chi connectivity index (χ1v) is 11.0. The van der Waals surface area contributed by atoms with Crippen LogP contribution >= 0.6 is 0 Å². The number of aliphatic imine (C=N–C) groups is 1. The van der Waals surface area contributed by atoms with E-state index in [-0.39, 0.29) is 5.97 Å². The molecule has 0 N–H and O–H groups in total. The lowest BCUT2D eigenvalue weighted by atomic mass is 10.1. The fraction of sp³-hybridized carbons (Fsp3) is 0.333. The molecule has 0 radical (unpaired) electrons. The van der Waals surface area contributed by atoms with Crippen LogP contribution in [0.3, 0.4) is 0 Å². The molecule has 0 atom stereocenters. The minimum Gasteiger partial charge on any atom is -0.462 e. The van der Waals surface area contributed by atoms with Crippen molar-refractivity contribution in [1.29, 1.82) is 0 Å². The molecule has 1 heterocycles. The van der Waals surface area contributed by atoms with Crippen molar-refractivity contribution in [2.45, 2.75) is 53.9 Å². The molecule has 3 rings (SSSR count). The standard InChI is InChI=1S/C27H32N2O2/c1-6-8-16-31-27(30)23-12-14-25(15-13-23)28-18-24-17-20(4)29(21(24)5)26-19(3)10-9-11-22(26)7-2/h9-15,17-18H,6-8,16H2,1-5H3. The molecule has 0 aliphatic heterocycles. The molecule has 1 aromatic heterocycles. The maximum atomic E-state index is 12.0. The molecule has 2 aromatic carbocycles. The molecule has 0 bridgehead atoms. The molecule has 0 saturated carbocycles. The molecule has 0 unspecified atom stereocenters. The van der Waals surface area contributed by atoms with Crippen molar-refractivity contribution >= 4 is 17.9 Å². The summed E-state index contributed by atoms with van der Waals surface area (Å²) < 4.78 is 7.58. The van der Waals surface area contributed by atoms with E-state index in [0.29, 0.717) is 12.2 Å². The van der Waals surface area contributed by atoms with Gasteiger partial charge < -0.3 is 9.30 Å². The Kier molecular flexibility index (Phi) is 7.45. The fourth-order valence-electron chi connectivity index (χ4n) is 3.81. The van der Waals surface area contributed by atoms with Crippen molar-refractivity contribution in [1.82, 2.24) is 4.57 Å². The van der Waals surface area contributed by atoms with Crippen LogP contribution in [0.25, 0.3) is 5.69 Å². The first-order chi connectivity index (χ1) is 15.0. The van der Waals surface area contributed by atoms with Gasteiger partial charge in [0.1, 0.15) is 0 Å². The molecular formula is C27H32N2O2. The molecule has 0 saturated heterocycles. The zero-order valence-corrected chi connectivity index (χ0v) is 19.2. The second kappa shape index (κ2) is 10.3. The monoisotopic (exact) mass is 416 g/mol. The quantitative estimate of drug-likeness (QED) is 0.234. The SMILES string of the molecule is CCCCOC(=O)c1ccc(N=Cc2cc(C)n(-c3c(C)cccc3CC)c2C)cc1. The number of para-hydroxylation sites is 1. The molecule has 0 fully saturated rings. The van der Waals surface area contributed by atoms with Gasteiger partial charge in [-0.05, 0) is 75.1 Å². The number of nitrogens with zero attached hydrogens (tertiary/aromatic N) is 2. The number of benzene rings is 2. The van der Waals surface area contributed by atoms with Crippen LogP contribution in [0, 0.1) is 20.8 Å². The second-order valence-electron chi connectivity index (χ2n) is 7.89. The summed E-state index contributed by atoms with van der Waals surface area (Å²) in [5.74, 6) is -0.280. The lowest BCUT2D eigenvalue weighted by Crippen LogP contribution is -2.06. The third-order valence-electron chi connectivity index (χ3n) is 5.58. The number of unbranched alkanes of at least 4 members (excludes halogenated alkanes) is 1. The van der Waals surface area contributed by atoms with Gasteiger partial charge in [0, 0.05) is 23.2 Å². The first kappa shape index (κ1) is 22.5. The molecule has 31 heavy (non-hydrogen) atoms. The zero-order chi connectivity index (χ0) is 22.4. The van der Waals surface area contributed by atoms with Crippen LogP contribution in [-0.2, 0) is 11.2 Å². The molecule has 4 heteroatoms. The second-order valence-corrected chi connectivity index (χ2v) is 7.89. The Balaban J connectivity index is 1.82. The van der Waals surface area contributed by atoms with E-state index in [2.05, 4.69) is 68.4 Å². The predicted molar refractivity (Wildman–Crippen MR) is 128 cm³/mol. The first-order valence-electron chi connectivity index (χ1n) is 11.0. The zero-order valence-electron chi connectivity index (χ0n) is 19.2. The van der Waals surface area contributed by atoms with E-state index >= 15 is 0 Å². The Morgan fingerprint density at radius 3 is 2.48 bits per heavy atom. The molecule has 3 aromatic rings. The number of hydrogen-bond acceptors (Lipinski definition) is 3. The highest BCUT2D eigenvalue weighted by molar-refractivity contribution is 5.90. The number of aryl methyl sites for hydroxylation is 3. The van der Waals surface area contributed by atoms with Crippen molar-refractivity contribution < 1.29 is 9.53 Å². The van der Waals surface area contributed by atoms with Crippen LogP contribution in [0.4, 0.5) is 5.69 Å². The minimum atomic E-state index is -0.280. The van der Waals surface area contributed by atoms with Gasteiger partial charge in [0.15, 0.2) is 0 Å². The van der Waals surface area contributed by atoms with Gasteiger partial charge >= 0.3 is 5.97 Å². The summed E-state index contributed by atoms with van der Waals surface area (Å²) >= 11 is 0. The number of ether oxygens (including phenoxy) is 1. The van der Waals surface area contributed by atoms with Crippen LogP contribution in [0.1, 0.15) is 65.1 Å². The van der Waals surface area contributed by atoms with Crippen LogP contribution in [-0.4, -0.2) is 23.4 Å². The highest BCUT2D eigenvalue weighted by Crippen LogP contribution is 2.26. The summed E-state index contributed by atoms with van der Waals surface area (Å²) in [6.45, 7) is 11.2. The van der Waals surface area contributed by atoms with E-state index < -0.39 is 0 Å². The number of rotatable bonds is 8. The maximum Gasteiger partial charge on any atom is 0.338 e. The summed E-state index contributed by atoms with van der Waals surface area (Å²) in [6, 6.07) is 15.9. The Labute approximate surface area is 185 Å². The minimum absolute atomic E-state index is 0.280.